The number of halogens is 2. The smallest absolute Gasteiger partial charge is 0.387 e. The molecule has 0 unspecified atom stereocenters. The van der Waals surface area contributed by atoms with Crippen LogP contribution in [-0.4, -0.2) is 24.3 Å². The lowest BCUT2D eigenvalue weighted by atomic mass is 9.67. The van der Waals surface area contributed by atoms with Crippen LogP contribution in [0, 0.1) is 23.2 Å². The number of carbonyl (C=O) groups is 1. The Balaban J connectivity index is 1.84. The van der Waals surface area contributed by atoms with E-state index in [9.17, 15) is 18.8 Å². The number of hydrogen-bond acceptors (Lipinski definition) is 4. The van der Waals surface area contributed by atoms with E-state index in [1.807, 2.05) is 0 Å². The lowest BCUT2D eigenvalue weighted by Crippen LogP contribution is -2.32. The van der Waals surface area contributed by atoms with Crippen LogP contribution in [0.4, 0.5) is 8.78 Å². The first-order chi connectivity index (χ1) is 12.4. The molecule has 0 radical (unpaired) electrons. The molecule has 0 aromatic heterocycles. The van der Waals surface area contributed by atoms with Gasteiger partial charge in [-0.15, -0.1) is 0 Å². The quantitative estimate of drug-likeness (QED) is 0.786. The summed E-state index contributed by atoms with van der Waals surface area (Å²) in [6.07, 6.45) is 3.77. The molecule has 0 aliphatic heterocycles. The molecule has 0 bridgehead atoms. The third kappa shape index (κ3) is 4.06. The average molecular weight is 365 g/mol. The number of alkyl halides is 2. The summed E-state index contributed by atoms with van der Waals surface area (Å²) >= 11 is 0. The van der Waals surface area contributed by atoms with Gasteiger partial charge in [-0.05, 0) is 62.1 Å². The number of rotatable bonds is 7. The van der Waals surface area contributed by atoms with Crippen molar-refractivity contribution in [1.29, 1.82) is 5.26 Å². The first-order valence-corrected chi connectivity index (χ1v) is 8.80. The minimum absolute atomic E-state index is 0.0447. The molecular formula is C19H21F2NO4. The first kappa shape index (κ1) is 18.4. The maximum atomic E-state index is 12.6. The number of nitriles is 1. The van der Waals surface area contributed by atoms with Crippen molar-refractivity contribution in [3.05, 3.63) is 23.8 Å². The summed E-state index contributed by atoms with van der Waals surface area (Å²) in [5.74, 6) is -0.676. The van der Waals surface area contributed by atoms with Crippen LogP contribution in [-0.2, 0) is 10.2 Å². The van der Waals surface area contributed by atoms with Crippen LogP contribution in [0.3, 0.4) is 0 Å². The summed E-state index contributed by atoms with van der Waals surface area (Å²) in [7, 11) is 0. The van der Waals surface area contributed by atoms with Crippen molar-refractivity contribution < 1.29 is 28.2 Å². The van der Waals surface area contributed by atoms with E-state index in [1.165, 1.54) is 6.07 Å². The molecule has 3 rings (SSSR count). The third-order valence-electron chi connectivity index (χ3n) is 5.29. The van der Waals surface area contributed by atoms with Gasteiger partial charge in [-0.2, -0.15) is 14.0 Å². The molecule has 1 aromatic carbocycles. The second-order valence-electron chi connectivity index (χ2n) is 7.10. The summed E-state index contributed by atoms with van der Waals surface area (Å²) in [6.45, 7) is -2.52. The van der Waals surface area contributed by atoms with E-state index in [1.54, 1.807) is 12.1 Å². The predicted molar refractivity (Wildman–Crippen MR) is 88.2 cm³/mol. The fourth-order valence-corrected chi connectivity index (χ4v) is 3.43. The number of nitrogens with zero attached hydrogens (tertiary/aromatic N) is 1. The van der Waals surface area contributed by atoms with Crippen LogP contribution in [0.2, 0.25) is 0 Å². The van der Waals surface area contributed by atoms with Gasteiger partial charge >= 0.3 is 12.6 Å². The molecule has 2 aliphatic rings. The minimum atomic E-state index is -2.96. The molecule has 2 saturated carbocycles. The number of ether oxygens (including phenoxy) is 2. The van der Waals surface area contributed by atoms with Crippen LogP contribution in [0.25, 0.3) is 0 Å². The standard InChI is InChI=1S/C19H21F2NO4/c20-18(21)26-15-4-3-14(9-16(15)25-10-12-1-2-12)19(11-22)7-5-13(6-8-19)17(23)24/h3-4,9,12-13,18H,1-2,5-8,10H2,(H,23,24)/t13-,19+. The van der Waals surface area contributed by atoms with Gasteiger partial charge in [0.05, 0.1) is 24.0 Å². The SMILES string of the molecule is N#C[C@]1(c2ccc(OC(F)F)c(OCC3CC3)c2)CC[C@@H](C(=O)O)CC1. The van der Waals surface area contributed by atoms with E-state index in [0.29, 0.717) is 43.8 Å². The van der Waals surface area contributed by atoms with Gasteiger partial charge < -0.3 is 14.6 Å². The van der Waals surface area contributed by atoms with Crippen molar-refractivity contribution in [2.45, 2.75) is 50.6 Å². The molecule has 7 heteroatoms. The maximum Gasteiger partial charge on any atom is 0.387 e. The Morgan fingerprint density at radius 1 is 1.27 bits per heavy atom. The number of benzene rings is 1. The van der Waals surface area contributed by atoms with E-state index < -0.39 is 23.9 Å². The Morgan fingerprint density at radius 2 is 1.96 bits per heavy atom. The van der Waals surface area contributed by atoms with Crippen LogP contribution in [0.5, 0.6) is 11.5 Å². The molecule has 0 saturated heterocycles. The fraction of sp³-hybridized carbons (Fsp3) is 0.579. The molecule has 2 aliphatic carbocycles. The Labute approximate surface area is 150 Å². The first-order valence-electron chi connectivity index (χ1n) is 8.80. The molecule has 0 amide bonds. The molecular weight excluding hydrogens is 344 g/mol. The summed E-state index contributed by atoms with van der Waals surface area (Å²) in [6, 6.07) is 6.93. The van der Waals surface area contributed by atoms with Gasteiger partial charge in [0.2, 0.25) is 0 Å². The van der Waals surface area contributed by atoms with Crippen molar-refractivity contribution >= 4 is 5.97 Å². The highest BCUT2D eigenvalue weighted by atomic mass is 19.3. The minimum Gasteiger partial charge on any atom is -0.489 e. The largest absolute Gasteiger partial charge is 0.489 e. The highest BCUT2D eigenvalue weighted by Crippen LogP contribution is 2.44. The Hall–Kier alpha value is -2.36. The van der Waals surface area contributed by atoms with Crippen molar-refractivity contribution in [2.75, 3.05) is 6.61 Å². The number of carboxylic acids is 1. The van der Waals surface area contributed by atoms with Gasteiger partial charge in [0.15, 0.2) is 11.5 Å². The summed E-state index contributed by atoms with van der Waals surface area (Å²) in [4.78, 5) is 11.2. The van der Waals surface area contributed by atoms with Crippen molar-refractivity contribution in [3.63, 3.8) is 0 Å². The lowest BCUT2D eigenvalue weighted by molar-refractivity contribution is -0.143. The van der Waals surface area contributed by atoms with Crippen LogP contribution < -0.4 is 9.47 Å². The average Bonchev–Trinajstić information content (AvgIpc) is 3.44. The molecule has 1 aromatic rings. The zero-order valence-electron chi connectivity index (χ0n) is 14.3. The number of carboxylic acid groups (broad SMARTS) is 1. The fourth-order valence-electron chi connectivity index (χ4n) is 3.43. The monoisotopic (exact) mass is 365 g/mol. The molecule has 0 spiro atoms. The maximum absolute atomic E-state index is 12.6. The molecule has 1 N–H and O–H groups in total. The van der Waals surface area contributed by atoms with E-state index in [2.05, 4.69) is 10.8 Å². The van der Waals surface area contributed by atoms with Gasteiger partial charge in [0, 0.05) is 0 Å². The van der Waals surface area contributed by atoms with E-state index in [0.717, 1.165) is 12.8 Å². The van der Waals surface area contributed by atoms with Gasteiger partial charge in [0.1, 0.15) is 0 Å². The topological polar surface area (TPSA) is 79.5 Å². The molecule has 140 valence electrons. The summed E-state index contributed by atoms with van der Waals surface area (Å²) in [5.41, 5.74) is -0.163. The second kappa shape index (κ2) is 7.48. The van der Waals surface area contributed by atoms with Crippen LogP contribution in [0.1, 0.15) is 44.1 Å². The molecule has 26 heavy (non-hydrogen) atoms. The van der Waals surface area contributed by atoms with Gasteiger partial charge in [-0.25, -0.2) is 0 Å². The lowest BCUT2D eigenvalue weighted by Gasteiger charge is -2.34. The summed E-state index contributed by atoms with van der Waals surface area (Å²) < 4.78 is 35.5. The summed E-state index contributed by atoms with van der Waals surface area (Å²) in [5, 5.41) is 18.9. The van der Waals surface area contributed by atoms with Gasteiger partial charge in [0.25, 0.3) is 0 Å². The predicted octanol–water partition coefficient (Wildman–Crippen LogP) is 4.11. The number of hydrogen-bond donors (Lipinski definition) is 1. The van der Waals surface area contributed by atoms with E-state index in [4.69, 9.17) is 9.84 Å². The number of aliphatic carboxylic acids is 1. The molecule has 0 heterocycles. The van der Waals surface area contributed by atoms with E-state index >= 15 is 0 Å². The zero-order chi connectivity index (χ0) is 18.7. The Bertz CT molecular complexity index is 704. The van der Waals surface area contributed by atoms with Crippen molar-refractivity contribution in [1.82, 2.24) is 0 Å². The third-order valence-corrected chi connectivity index (χ3v) is 5.29. The highest BCUT2D eigenvalue weighted by molar-refractivity contribution is 5.70. The van der Waals surface area contributed by atoms with Crippen LogP contribution in [0.15, 0.2) is 18.2 Å². The van der Waals surface area contributed by atoms with Crippen molar-refractivity contribution in [3.8, 4) is 17.6 Å². The Kier molecular flexibility index (Phi) is 5.30. The molecule has 2 fully saturated rings. The van der Waals surface area contributed by atoms with Crippen LogP contribution >= 0.6 is 0 Å². The Morgan fingerprint density at radius 3 is 2.50 bits per heavy atom. The highest BCUT2D eigenvalue weighted by Gasteiger charge is 2.39. The van der Waals surface area contributed by atoms with Gasteiger partial charge in [-0.3, -0.25) is 4.79 Å². The van der Waals surface area contributed by atoms with Crippen molar-refractivity contribution in [2.24, 2.45) is 11.8 Å². The van der Waals surface area contributed by atoms with E-state index in [-0.39, 0.29) is 11.5 Å². The second-order valence-corrected chi connectivity index (χ2v) is 7.10. The zero-order valence-corrected chi connectivity index (χ0v) is 14.3. The normalized spacial score (nSPS) is 25.5. The van der Waals surface area contributed by atoms with Gasteiger partial charge in [-0.1, -0.05) is 6.07 Å². The molecule has 5 nitrogen and oxygen atoms in total. The molecule has 0 atom stereocenters.